The standard InChI is InChI=1S/C15H31N3/c1-13(18-9-7-16-8-10-18)11-17-12-15(2,3)14-5-4-6-14/h13-14,16-17H,4-12H2,1-3H3. The van der Waals surface area contributed by atoms with Crippen LogP contribution in [0.5, 0.6) is 0 Å². The molecule has 0 aromatic heterocycles. The first kappa shape index (κ1) is 14.3. The molecule has 2 aliphatic rings. The number of nitrogens with one attached hydrogen (secondary N) is 2. The zero-order valence-corrected chi connectivity index (χ0v) is 12.5. The fraction of sp³-hybridized carbons (Fsp3) is 1.00. The highest BCUT2D eigenvalue weighted by Crippen LogP contribution is 2.41. The Morgan fingerprint density at radius 2 is 1.94 bits per heavy atom. The van der Waals surface area contributed by atoms with Gasteiger partial charge in [0.25, 0.3) is 0 Å². The fourth-order valence-electron chi connectivity index (χ4n) is 3.19. The molecular formula is C15H31N3. The third kappa shape index (κ3) is 3.69. The van der Waals surface area contributed by atoms with Crippen molar-refractivity contribution in [3.8, 4) is 0 Å². The summed E-state index contributed by atoms with van der Waals surface area (Å²) in [6, 6.07) is 0.671. The van der Waals surface area contributed by atoms with E-state index in [1.165, 1.54) is 38.9 Å². The van der Waals surface area contributed by atoms with Crippen molar-refractivity contribution >= 4 is 0 Å². The molecule has 3 heteroatoms. The summed E-state index contributed by atoms with van der Waals surface area (Å²) in [6.45, 7) is 14.2. The van der Waals surface area contributed by atoms with Crippen LogP contribution in [0, 0.1) is 11.3 Å². The minimum absolute atomic E-state index is 0.488. The van der Waals surface area contributed by atoms with Crippen molar-refractivity contribution in [3.63, 3.8) is 0 Å². The average molecular weight is 253 g/mol. The van der Waals surface area contributed by atoms with E-state index in [1.54, 1.807) is 0 Å². The summed E-state index contributed by atoms with van der Waals surface area (Å²) < 4.78 is 0. The van der Waals surface area contributed by atoms with E-state index in [4.69, 9.17) is 0 Å². The monoisotopic (exact) mass is 253 g/mol. The summed E-state index contributed by atoms with van der Waals surface area (Å²) in [5.41, 5.74) is 0.488. The Morgan fingerprint density at radius 1 is 1.28 bits per heavy atom. The normalized spacial score (nSPS) is 24.8. The molecule has 0 spiro atoms. The molecule has 1 unspecified atom stereocenters. The Morgan fingerprint density at radius 3 is 2.50 bits per heavy atom. The maximum absolute atomic E-state index is 3.71. The van der Waals surface area contributed by atoms with E-state index in [-0.39, 0.29) is 0 Å². The van der Waals surface area contributed by atoms with Gasteiger partial charge in [0.15, 0.2) is 0 Å². The van der Waals surface area contributed by atoms with E-state index in [0.29, 0.717) is 11.5 Å². The van der Waals surface area contributed by atoms with Gasteiger partial charge >= 0.3 is 0 Å². The molecule has 0 bridgehead atoms. The van der Waals surface area contributed by atoms with Gasteiger partial charge in [0.05, 0.1) is 0 Å². The molecule has 2 fully saturated rings. The molecule has 2 N–H and O–H groups in total. The van der Waals surface area contributed by atoms with Crippen molar-refractivity contribution in [2.75, 3.05) is 39.3 Å². The lowest BCUT2D eigenvalue weighted by Gasteiger charge is -2.41. The van der Waals surface area contributed by atoms with E-state index in [9.17, 15) is 0 Å². The summed E-state index contributed by atoms with van der Waals surface area (Å²) in [4.78, 5) is 2.60. The van der Waals surface area contributed by atoms with Crippen LogP contribution < -0.4 is 10.6 Å². The Bertz CT molecular complexity index is 242. The minimum atomic E-state index is 0.488. The van der Waals surface area contributed by atoms with E-state index in [2.05, 4.69) is 36.3 Å². The second-order valence-electron chi connectivity index (χ2n) is 6.88. The molecule has 2 rings (SSSR count). The van der Waals surface area contributed by atoms with E-state index >= 15 is 0 Å². The Balaban J connectivity index is 1.64. The minimum Gasteiger partial charge on any atom is -0.315 e. The van der Waals surface area contributed by atoms with Crippen molar-refractivity contribution in [2.45, 2.75) is 46.1 Å². The molecule has 3 nitrogen and oxygen atoms in total. The summed E-state index contributed by atoms with van der Waals surface area (Å²) in [6.07, 6.45) is 4.34. The van der Waals surface area contributed by atoms with Crippen LogP contribution >= 0.6 is 0 Å². The van der Waals surface area contributed by atoms with Gasteiger partial charge in [-0.15, -0.1) is 0 Å². The molecule has 1 aliphatic carbocycles. The zero-order chi connectivity index (χ0) is 13.0. The predicted molar refractivity (Wildman–Crippen MR) is 77.9 cm³/mol. The molecule has 18 heavy (non-hydrogen) atoms. The third-order valence-corrected chi connectivity index (χ3v) is 5.01. The second-order valence-corrected chi connectivity index (χ2v) is 6.88. The molecule has 1 saturated heterocycles. The number of rotatable bonds is 6. The number of piperazine rings is 1. The zero-order valence-electron chi connectivity index (χ0n) is 12.5. The highest BCUT2D eigenvalue weighted by atomic mass is 15.2. The molecule has 1 saturated carbocycles. The lowest BCUT2D eigenvalue weighted by Crippen LogP contribution is -2.51. The maximum atomic E-state index is 3.71. The molecular weight excluding hydrogens is 222 g/mol. The van der Waals surface area contributed by atoms with Crippen LogP contribution in [-0.2, 0) is 0 Å². The fourth-order valence-corrected chi connectivity index (χ4v) is 3.19. The number of nitrogens with zero attached hydrogens (tertiary/aromatic N) is 1. The van der Waals surface area contributed by atoms with Gasteiger partial charge in [-0.05, 0) is 31.1 Å². The number of hydrogen-bond donors (Lipinski definition) is 2. The molecule has 0 aromatic carbocycles. The van der Waals surface area contributed by atoms with Gasteiger partial charge < -0.3 is 10.6 Å². The van der Waals surface area contributed by atoms with Crippen molar-refractivity contribution in [2.24, 2.45) is 11.3 Å². The molecule has 0 radical (unpaired) electrons. The van der Waals surface area contributed by atoms with Crippen LogP contribution in [0.2, 0.25) is 0 Å². The van der Waals surface area contributed by atoms with E-state index in [0.717, 1.165) is 25.6 Å². The summed E-state index contributed by atoms with van der Waals surface area (Å²) >= 11 is 0. The highest BCUT2D eigenvalue weighted by Gasteiger charge is 2.33. The summed E-state index contributed by atoms with van der Waals surface area (Å²) in [7, 11) is 0. The van der Waals surface area contributed by atoms with Gasteiger partial charge in [-0.25, -0.2) is 0 Å². The van der Waals surface area contributed by atoms with Crippen LogP contribution in [0.1, 0.15) is 40.0 Å². The van der Waals surface area contributed by atoms with Gasteiger partial charge in [-0.2, -0.15) is 0 Å². The summed E-state index contributed by atoms with van der Waals surface area (Å²) in [5, 5.41) is 7.13. The van der Waals surface area contributed by atoms with Gasteiger partial charge in [-0.1, -0.05) is 20.3 Å². The van der Waals surface area contributed by atoms with Crippen LogP contribution in [0.3, 0.4) is 0 Å². The Labute approximate surface area is 113 Å². The first-order valence-electron chi connectivity index (χ1n) is 7.75. The lowest BCUT2D eigenvalue weighted by molar-refractivity contribution is 0.113. The van der Waals surface area contributed by atoms with Crippen LogP contribution in [0.25, 0.3) is 0 Å². The van der Waals surface area contributed by atoms with Crippen molar-refractivity contribution < 1.29 is 0 Å². The highest BCUT2D eigenvalue weighted by molar-refractivity contribution is 4.86. The topological polar surface area (TPSA) is 27.3 Å². The third-order valence-electron chi connectivity index (χ3n) is 5.01. The molecule has 0 amide bonds. The van der Waals surface area contributed by atoms with Crippen LogP contribution in [0.15, 0.2) is 0 Å². The lowest BCUT2D eigenvalue weighted by atomic mass is 9.67. The average Bonchev–Trinajstić information content (AvgIpc) is 2.26. The van der Waals surface area contributed by atoms with E-state index < -0.39 is 0 Å². The Hall–Kier alpha value is -0.120. The first-order chi connectivity index (χ1) is 8.59. The largest absolute Gasteiger partial charge is 0.315 e. The molecule has 1 atom stereocenters. The quantitative estimate of drug-likeness (QED) is 0.754. The first-order valence-corrected chi connectivity index (χ1v) is 7.75. The van der Waals surface area contributed by atoms with Gasteiger partial charge in [0, 0.05) is 45.3 Å². The number of hydrogen-bond acceptors (Lipinski definition) is 3. The smallest absolute Gasteiger partial charge is 0.0193 e. The van der Waals surface area contributed by atoms with E-state index in [1.807, 2.05) is 0 Å². The molecule has 1 aliphatic heterocycles. The van der Waals surface area contributed by atoms with Crippen LogP contribution in [0.4, 0.5) is 0 Å². The molecule has 106 valence electrons. The van der Waals surface area contributed by atoms with Gasteiger partial charge in [-0.3, -0.25) is 4.90 Å². The second kappa shape index (κ2) is 6.36. The van der Waals surface area contributed by atoms with Crippen LogP contribution in [-0.4, -0.2) is 50.2 Å². The molecule has 1 heterocycles. The van der Waals surface area contributed by atoms with Gasteiger partial charge in [0.1, 0.15) is 0 Å². The maximum Gasteiger partial charge on any atom is 0.0193 e. The molecule has 0 aromatic rings. The van der Waals surface area contributed by atoms with Crippen molar-refractivity contribution in [1.29, 1.82) is 0 Å². The van der Waals surface area contributed by atoms with Crippen molar-refractivity contribution in [1.82, 2.24) is 15.5 Å². The van der Waals surface area contributed by atoms with Gasteiger partial charge in [0.2, 0.25) is 0 Å². The Kier molecular flexibility index (Phi) is 5.05. The SMILES string of the molecule is CC(CNCC(C)(C)C1CCC1)N1CCNCC1. The van der Waals surface area contributed by atoms with Crippen molar-refractivity contribution in [3.05, 3.63) is 0 Å². The summed E-state index contributed by atoms with van der Waals surface area (Å²) in [5.74, 6) is 0.958. The predicted octanol–water partition coefficient (Wildman–Crippen LogP) is 1.70.